The van der Waals surface area contributed by atoms with E-state index in [4.69, 9.17) is 9.97 Å². The number of anilines is 6. The van der Waals surface area contributed by atoms with Crippen molar-refractivity contribution >= 4 is 34.1 Å². The molecule has 5 nitrogen and oxygen atoms in total. The summed E-state index contributed by atoms with van der Waals surface area (Å²) in [6.45, 7) is 4.11. The normalized spacial score (nSPS) is 14.4. The fraction of sp³-hybridized carbons (Fsp3) is 0.0656. The standard InChI is InChI=1S/C61H43N5/c1-40-58(42-19-4-3-5-20-42)63-41(2)64-59(40)43-34-36-44(37-35-43)65-54-30-14-10-26-50(54)60(51-27-11-15-31-55(51)65)46-22-6-8-24-48(46)61(49-25-9-7-23-47(49)60)52-28-12-16-32-56(52)66(45-21-18-38-62-39-45)57-33-17-13-29-53(57)61/h3-39H,1-2H3. The Hall–Kier alpha value is -8.41. The zero-order chi connectivity index (χ0) is 44.0. The molecule has 0 fully saturated rings. The molecule has 66 heavy (non-hydrogen) atoms. The van der Waals surface area contributed by atoms with Gasteiger partial charge in [-0.3, -0.25) is 4.98 Å². The zero-order valence-electron chi connectivity index (χ0n) is 36.6. The molecular weight excluding hydrogens is 803 g/mol. The van der Waals surface area contributed by atoms with Crippen LogP contribution in [0.25, 0.3) is 22.5 Å². The van der Waals surface area contributed by atoms with Crippen LogP contribution >= 0.6 is 0 Å². The van der Waals surface area contributed by atoms with E-state index in [1.807, 2.05) is 31.5 Å². The van der Waals surface area contributed by atoms with Crippen molar-refractivity contribution < 1.29 is 0 Å². The number of nitrogens with zero attached hydrogens (tertiary/aromatic N) is 5. The molecule has 2 spiro atoms. The van der Waals surface area contributed by atoms with Crippen molar-refractivity contribution in [2.75, 3.05) is 9.80 Å². The van der Waals surface area contributed by atoms with Crippen LogP contribution in [-0.2, 0) is 10.8 Å². The summed E-state index contributed by atoms with van der Waals surface area (Å²) in [5, 5.41) is 0. The van der Waals surface area contributed by atoms with E-state index < -0.39 is 10.8 Å². The van der Waals surface area contributed by atoms with E-state index in [-0.39, 0.29) is 0 Å². The second-order valence-electron chi connectivity index (χ2n) is 17.5. The molecule has 3 aliphatic rings. The Morgan fingerprint density at radius 1 is 0.333 bits per heavy atom. The molecule has 0 amide bonds. The smallest absolute Gasteiger partial charge is 0.126 e. The summed E-state index contributed by atoms with van der Waals surface area (Å²) < 4.78 is 0. The lowest BCUT2D eigenvalue weighted by Crippen LogP contribution is -2.49. The molecule has 2 aromatic heterocycles. The summed E-state index contributed by atoms with van der Waals surface area (Å²) in [6.07, 6.45) is 3.82. The van der Waals surface area contributed by atoms with E-state index in [0.717, 1.165) is 68.0 Å². The van der Waals surface area contributed by atoms with Crippen LogP contribution in [0.3, 0.4) is 0 Å². The highest BCUT2D eigenvalue weighted by atomic mass is 15.2. The number of fused-ring (bicyclic) bond motifs is 14. The quantitative estimate of drug-likeness (QED) is 0.177. The van der Waals surface area contributed by atoms with E-state index in [1.54, 1.807) is 0 Å². The summed E-state index contributed by atoms with van der Waals surface area (Å²) in [5.41, 5.74) is 20.6. The van der Waals surface area contributed by atoms with Gasteiger partial charge in [-0.05, 0) is 107 Å². The first-order valence-electron chi connectivity index (χ1n) is 22.7. The maximum Gasteiger partial charge on any atom is 0.126 e. The zero-order valence-corrected chi connectivity index (χ0v) is 36.6. The Bertz CT molecular complexity index is 3380. The van der Waals surface area contributed by atoms with E-state index in [0.29, 0.717) is 0 Å². The third kappa shape index (κ3) is 5.14. The predicted molar refractivity (Wildman–Crippen MR) is 267 cm³/mol. The van der Waals surface area contributed by atoms with Gasteiger partial charge in [-0.15, -0.1) is 0 Å². The highest BCUT2D eigenvalue weighted by molar-refractivity contribution is 5.95. The minimum absolute atomic E-state index is 0.640. The van der Waals surface area contributed by atoms with Crippen LogP contribution < -0.4 is 9.80 Å². The van der Waals surface area contributed by atoms with Crippen molar-refractivity contribution in [1.82, 2.24) is 15.0 Å². The average molecular weight is 846 g/mol. The molecule has 0 radical (unpaired) electrons. The maximum absolute atomic E-state index is 5.00. The van der Waals surface area contributed by atoms with Crippen molar-refractivity contribution in [3.63, 3.8) is 0 Å². The molecule has 4 heterocycles. The molecule has 0 unspecified atom stereocenters. The Labute approximate surface area is 385 Å². The van der Waals surface area contributed by atoms with Crippen LogP contribution in [0.1, 0.15) is 55.9 Å². The van der Waals surface area contributed by atoms with Crippen LogP contribution in [0.4, 0.5) is 34.1 Å². The molecule has 0 saturated heterocycles. The van der Waals surface area contributed by atoms with Gasteiger partial charge in [0.2, 0.25) is 0 Å². The van der Waals surface area contributed by atoms with Gasteiger partial charge in [0, 0.05) is 28.6 Å². The number of benzene rings is 8. The van der Waals surface area contributed by atoms with Crippen molar-refractivity contribution in [3.8, 4) is 22.5 Å². The minimum atomic E-state index is -0.657. The average Bonchev–Trinajstić information content (AvgIpc) is 3.38. The van der Waals surface area contributed by atoms with Gasteiger partial charge >= 0.3 is 0 Å². The summed E-state index contributed by atoms with van der Waals surface area (Å²) in [4.78, 5) is 19.3. The third-order valence-electron chi connectivity index (χ3n) is 14.3. The van der Waals surface area contributed by atoms with Gasteiger partial charge in [-0.25, -0.2) is 9.97 Å². The molecule has 8 aromatic carbocycles. The SMILES string of the molecule is Cc1nc(-c2ccccc2)c(C)c(-c2ccc(N3c4ccccc4C4(c5ccccc53)c3ccccc3C3(c5ccccc5N(c5cccnc5)c5ccccc53)c3ccccc34)cc2)n1. The van der Waals surface area contributed by atoms with Crippen LogP contribution in [-0.4, -0.2) is 15.0 Å². The first kappa shape index (κ1) is 38.1. The molecule has 10 aromatic rings. The molecule has 0 N–H and O–H groups in total. The highest BCUT2D eigenvalue weighted by Crippen LogP contribution is 2.67. The Kier molecular flexibility index (Phi) is 8.40. The summed E-state index contributed by atoms with van der Waals surface area (Å²) in [5.74, 6) is 0.753. The summed E-state index contributed by atoms with van der Waals surface area (Å²) in [7, 11) is 0. The monoisotopic (exact) mass is 845 g/mol. The van der Waals surface area contributed by atoms with E-state index in [2.05, 4.69) is 222 Å². The Morgan fingerprint density at radius 3 is 1.11 bits per heavy atom. The molecule has 0 saturated carbocycles. The van der Waals surface area contributed by atoms with Gasteiger partial charge in [0.15, 0.2) is 0 Å². The molecule has 13 rings (SSSR count). The van der Waals surface area contributed by atoms with Crippen molar-refractivity contribution in [2.45, 2.75) is 24.7 Å². The largest absolute Gasteiger partial charge is 0.310 e. The van der Waals surface area contributed by atoms with Gasteiger partial charge in [-0.1, -0.05) is 164 Å². The molecular formula is C61H43N5. The Balaban J connectivity index is 1.04. The van der Waals surface area contributed by atoms with Crippen molar-refractivity contribution in [3.05, 3.63) is 281 Å². The highest BCUT2D eigenvalue weighted by Gasteiger charge is 2.58. The third-order valence-corrected chi connectivity index (χ3v) is 14.3. The lowest BCUT2D eigenvalue weighted by atomic mass is 9.49. The van der Waals surface area contributed by atoms with Crippen LogP contribution in [0, 0.1) is 13.8 Å². The second kappa shape index (κ2) is 14.6. The van der Waals surface area contributed by atoms with Gasteiger partial charge < -0.3 is 9.80 Å². The van der Waals surface area contributed by atoms with E-state index in [1.165, 1.54) is 44.5 Å². The first-order valence-corrected chi connectivity index (χ1v) is 22.7. The molecule has 0 bridgehead atoms. The minimum Gasteiger partial charge on any atom is -0.310 e. The molecule has 5 heteroatoms. The van der Waals surface area contributed by atoms with Crippen LogP contribution in [0.5, 0.6) is 0 Å². The Morgan fingerprint density at radius 2 is 0.697 bits per heavy atom. The summed E-state index contributed by atoms with van der Waals surface area (Å²) in [6, 6.07) is 78.2. The number of pyridine rings is 1. The van der Waals surface area contributed by atoms with Crippen molar-refractivity contribution in [1.29, 1.82) is 0 Å². The van der Waals surface area contributed by atoms with Crippen LogP contribution in [0.2, 0.25) is 0 Å². The number of hydrogen-bond acceptors (Lipinski definition) is 5. The number of aryl methyl sites for hydroxylation is 1. The van der Waals surface area contributed by atoms with E-state index in [9.17, 15) is 0 Å². The molecule has 0 atom stereocenters. The van der Waals surface area contributed by atoms with Gasteiger partial charge in [-0.2, -0.15) is 0 Å². The fourth-order valence-corrected chi connectivity index (χ4v) is 11.8. The fourth-order valence-electron chi connectivity index (χ4n) is 11.8. The topological polar surface area (TPSA) is 45.2 Å². The maximum atomic E-state index is 5.00. The number of para-hydroxylation sites is 4. The second-order valence-corrected chi connectivity index (χ2v) is 17.5. The van der Waals surface area contributed by atoms with Gasteiger partial charge in [0.1, 0.15) is 5.82 Å². The lowest BCUT2D eigenvalue weighted by Gasteiger charge is -2.56. The molecule has 312 valence electrons. The lowest BCUT2D eigenvalue weighted by molar-refractivity contribution is 0.607. The summed E-state index contributed by atoms with van der Waals surface area (Å²) >= 11 is 0. The molecule has 1 aliphatic carbocycles. The molecule has 2 aliphatic heterocycles. The predicted octanol–water partition coefficient (Wildman–Crippen LogP) is 14.5. The number of aromatic nitrogens is 3. The number of rotatable bonds is 4. The van der Waals surface area contributed by atoms with Crippen molar-refractivity contribution in [2.24, 2.45) is 0 Å². The van der Waals surface area contributed by atoms with Gasteiger partial charge in [0.05, 0.1) is 56.9 Å². The van der Waals surface area contributed by atoms with E-state index >= 15 is 0 Å². The van der Waals surface area contributed by atoms with Crippen LogP contribution in [0.15, 0.2) is 225 Å². The van der Waals surface area contributed by atoms with Gasteiger partial charge in [0.25, 0.3) is 0 Å². The number of hydrogen-bond donors (Lipinski definition) is 0. The first-order chi connectivity index (χ1) is 32.6.